The van der Waals surface area contributed by atoms with Gasteiger partial charge < -0.3 is 19.7 Å². The predicted octanol–water partition coefficient (Wildman–Crippen LogP) is 1.06. The maximum Gasteiger partial charge on any atom is 0.224 e. The van der Waals surface area contributed by atoms with Crippen LogP contribution in [-0.4, -0.2) is 49.8 Å². The van der Waals surface area contributed by atoms with Gasteiger partial charge in [-0.1, -0.05) is 30.3 Å². The molecule has 0 saturated carbocycles. The van der Waals surface area contributed by atoms with Crippen LogP contribution in [0.25, 0.3) is 0 Å². The van der Waals surface area contributed by atoms with E-state index in [2.05, 4.69) is 4.98 Å². The van der Waals surface area contributed by atoms with Crippen molar-refractivity contribution in [2.24, 2.45) is 0 Å². The highest BCUT2D eigenvalue weighted by Gasteiger charge is 2.42. The van der Waals surface area contributed by atoms with Crippen LogP contribution < -0.4 is 0 Å². The van der Waals surface area contributed by atoms with Crippen molar-refractivity contribution in [1.82, 2.24) is 14.5 Å². The lowest BCUT2D eigenvalue weighted by molar-refractivity contribution is -0.151. The Hall–Kier alpha value is -2.18. The Balaban J connectivity index is 1.61. The van der Waals surface area contributed by atoms with Gasteiger partial charge in [0.15, 0.2) is 0 Å². The second kappa shape index (κ2) is 6.75. The molecule has 0 aliphatic carbocycles. The molecule has 24 heavy (non-hydrogen) atoms. The van der Waals surface area contributed by atoms with Crippen LogP contribution >= 0.6 is 0 Å². The normalized spacial score (nSPS) is 24.1. The smallest absolute Gasteiger partial charge is 0.224 e. The van der Waals surface area contributed by atoms with Crippen LogP contribution in [0.5, 0.6) is 0 Å². The van der Waals surface area contributed by atoms with E-state index in [9.17, 15) is 15.0 Å². The molecule has 128 valence electrons. The third-order valence-electron chi connectivity index (χ3n) is 4.82. The van der Waals surface area contributed by atoms with Gasteiger partial charge in [0.25, 0.3) is 0 Å². The lowest BCUT2D eigenvalue weighted by Gasteiger charge is -2.42. The number of aliphatic hydroxyl groups excluding tert-OH is 1. The number of carbonyl (C=O) groups excluding carboxylic acids is 1. The number of carbonyl (C=O) groups is 1. The van der Waals surface area contributed by atoms with E-state index in [0.29, 0.717) is 31.5 Å². The Morgan fingerprint density at radius 2 is 2.12 bits per heavy atom. The Labute approximate surface area is 141 Å². The second-order valence-corrected chi connectivity index (χ2v) is 6.31. The summed E-state index contributed by atoms with van der Waals surface area (Å²) in [5, 5.41) is 21.3. The predicted molar refractivity (Wildman–Crippen MR) is 89.1 cm³/mol. The number of benzene rings is 1. The highest BCUT2D eigenvalue weighted by atomic mass is 16.3. The minimum atomic E-state index is -1.29. The number of hydrogen-bond donors (Lipinski definition) is 2. The maximum atomic E-state index is 12.4. The highest BCUT2D eigenvalue weighted by molar-refractivity contribution is 5.76. The topological polar surface area (TPSA) is 78.6 Å². The molecule has 0 unspecified atom stereocenters. The lowest BCUT2D eigenvalue weighted by atomic mass is 9.82. The summed E-state index contributed by atoms with van der Waals surface area (Å²) in [5.74, 6) is 0.859. The van der Waals surface area contributed by atoms with Crippen molar-refractivity contribution in [2.75, 3.05) is 13.1 Å². The minimum absolute atomic E-state index is 0.0164. The van der Waals surface area contributed by atoms with E-state index >= 15 is 0 Å². The average molecular weight is 329 g/mol. The maximum absolute atomic E-state index is 12.4. The number of nitrogens with zero attached hydrogens (tertiary/aromatic N) is 3. The molecule has 1 saturated heterocycles. The molecule has 1 amide bonds. The molecule has 2 atom stereocenters. The molecule has 6 heteroatoms. The zero-order valence-corrected chi connectivity index (χ0v) is 13.8. The van der Waals surface area contributed by atoms with Crippen molar-refractivity contribution in [1.29, 1.82) is 0 Å². The number of aliphatic hydroxyl groups is 2. The Bertz CT molecular complexity index is 701. The van der Waals surface area contributed by atoms with Crippen LogP contribution in [0.2, 0.25) is 0 Å². The van der Waals surface area contributed by atoms with E-state index in [-0.39, 0.29) is 12.5 Å². The molecule has 1 aliphatic heterocycles. The molecule has 1 aliphatic rings. The van der Waals surface area contributed by atoms with Crippen LogP contribution in [0, 0.1) is 6.92 Å². The number of amides is 1. The summed E-state index contributed by atoms with van der Waals surface area (Å²) in [7, 11) is 0. The van der Waals surface area contributed by atoms with Crippen molar-refractivity contribution in [3.05, 3.63) is 54.1 Å². The molecular formula is C18H23N3O3. The van der Waals surface area contributed by atoms with Gasteiger partial charge >= 0.3 is 0 Å². The molecule has 0 radical (unpaired) electrons. The van der Waals surface area contributed by atoms with E-state index in [0.717, 1.165) is 5.82 Å². The van der Waals surface area contributed by atoms with E-state index in [4.69, 9.17) is 0 Å². The summed E-state index contributed by atoms with van der Waals surface area (Å²) in [4.78, 5) is 18.2. The summed E-state index contributed by atoms with van der Waals surface area (Å²) in [5.41, 5.74) is -0.599. The zero-order chi connectivity index (χ0) is 17.2. The van der Waals surface area contributed by atoms with Crippen molar-refractivity contribution in [2.45, 2.75) is 38.0 Å². The molecule has 1 aromatic carbocycles. The van der Waals surface area contributed by atoms with Crippen molar-refractivity contribution in [3.8, 4) is 0 Å². The first-order valence-electron chi connectivity index (χ1n) is 8.22. The Morgan fingerprint density at radius 3 is 2.75 bits per heavy atom. The highest BCUT2D eigenvalue weighted by Crippen LogP contribution is 2.33. The summed E-state index contributed by atoms with van der Waals surface area (Å²) < 4.78 is 1.93. The number of β-amino-alcohol motifs (C(OH)–C–C–N with tert-alkyl or cyclic N) is 1. The van der Waals surface area contributed by atoms with E-state index in [1.165, 1.54) is 0 Å². The first-order valence-corrected chi connectivity index (χ1v) is 8.22. The van der Waals surface area contributed by atoms with Crippen LogP contribution in [0.4, 0.5) is 0 Å². The lowest BCUT2D eigenvalue weighted by Crippen LogP contribution is -2.55. The molecule has 2 heterocycles. The quantitative estimate of drug-likeness (QED) is 0.879. The molecule has 1 fully saturated rings. The fourth-order valence-corrected chi connectivity index (χ4v) is 3.23. The summed E-state index contributed by atoms with van der Waals surface area (Å²) in [6, 6.07) is 9.16. The first kappa shape index (κ1) is 16.7. The monoisotopic (exact) mass is 329 g/mol. The van der Waals surface area contributed by atoms with Gasteiger partial charge in [-0.05, 0) is 12.5 Å². The van der Waals surface area contributed by atoms with Gasteiger partial charge in [0.05, 0.1) is 0 Å². The van der Waals surface area contributed by atoms with Crippen LogP contribution in [0.3, 0.4) is 0 Å². The van der Waals surface area contributed by atoms with Crippen LogP contribution in [0.15, 0.2) is 42.7 Å². The van der Waals surface area contributed by atoms with Gasteiger partial charge in [-0.25, -0.2) is 4.98 Å². The molecule has 0 spiro atoms. The summed E-state index contributed by atoms with van der Waals surface area (Å²) in [6.07, 6.45) is 3.25. The van der Waals surface area contributed by atoms with Gasteiger partial charge in [0.2, 0.25) is 5.91 Å². The standard InChI is InChI=1S/C18H23N3O3/c1-14-19-9-12-20(14)10-7-17(23)21-11-8-18(24,16(22)13-21)15-5-3-2-4-6-15/h2-6,9,12,16,22,24H,7-8,10-11,13H2,1H3/t16-,18-/m0/s1. The molecule has 2 aromatic rings. The first-order chi connectivity index (χ1) is 11.5. The van der Waals surface area contributed by atoms with Crippen LogP contribution in [-0.2, 0) is 16.9 Å². The summed E-state index contributed by atoms with van der Waals surface area (Å²) >= 11 is 0. The number of piperidine rings is 1. The van der Waals surface area contributed by atoms with Gasteiger partial charge in [-0.3, -0.25) is 4.79 Å². The number of aryl methyl sites for hydroxylation is 2. The van der Waals surface area contributed by atoms with Crippen molar-refractivity contribution < 1.29 is 15.0 Å². The van der Waals surface area contributed by atoms with Crippen LogP contribution in [0.1, 0.15) is 24.2 Å². The van der Waals surface area contributed by atoms with Crippen molar-refractivity contribution in [3.63, 3.8) is 0 Å². The molecule has 1 aromatic heterocycles. The Morgan fingerprint density at radius 1 is 1.38 bits per heavy atom. The van der Waals surface area contributed by atoms with E-state index in [1.54, 1.807) is 11.1 Å². The second-order valence-electron chi connectivity index (χ2n) is 6.31. The number of hydrogen-bond acceptors (Lipinski definition) is 4. The number of rotatable bonds is 4. The van der Waals surface area contributed by atoms with Gasteiger partial charge in [-0.2, -0.15) is 0 Å². The average Bonchev–Trinajstić information content (AvgIpc) is 3.01. The molecule has 2 N–H and O–H groups in total. The van der Waals surface area contributed by atoms with E-state index in [1.807, 2.05) is 48.0 Å². The fraction of sp³-hybridized carbons (Fsp3) is 0.444. The molecule has 6 nitrogen and oxygen atoms in total. The summed E-state index contributed by atoms with van der Waals surface area (Å²) in [6.45, 7) is 3.05. The minimum Gasteiger partial charge on any atom is -0.388 e. The SMILES string of the molecule is Cc1nccn1CCC(=O)N1CC[C@](O)(c2ccccc2)[C@@H](O)C1. The van der Waals surface area contributed by atoms with Gasteiger partial charge in [-0.15, -0.1) is 0 Å². The zero-order valence-electron chi connectivity index (χ0n) is 13.8. The molecular weight excluding hydrogens is 306 g/mol. The van der Waals surface area contributed by atoms with Gasteiger partial charge in [0, 0.05) is 44.9 Å². The Kier molecular flexibility index (Phi) is 4.69. The number of likely N-dealkylation sites (tertiary alicyclic amines) is 1. The molecule has 3 rings (SSSR count). The number of imidazole rings is 1. The number of aromatic nitrogens is 2. The van der Waals surface area contributed by atoms with E-state index < -0.39 is 11.7 Å². The fourth-order valence-electron chi connectivity index (χ4n) is 3.23. The third kappa shape index (κ3) is 3.20. The molecule has 0 bridgehead atoms. The van der Waals surface area contributed by atoms with Crippen molar-refractivity contribution >= 4 is 5.91 Å². The third-order valence-corrected chi connectivity index (χ3v) is 4.82. The van der Waals surface area contributed by atoms with Gasteiger partial charge in [0.1, 0.15) is 17.5 Å². The largest absolute Gasteiger partial charge is 0.388 e.